The molecule has 5 N–H and O–H groups in total. The predicted molar refractivity (Wildman–Crippen MR) is 193 cm³/mol. The van der Waals surface area contributed by atoms with E-state index < -0.39 is 53.1 Å². The van der Waals surface area contributed by atoms with E-state index in [0.29, 0.717) is 56.8 Å². The number of hydrogen-bond acceptors (Lipinski definition) is 10. The van der Waals surface area contributed by atoms with Crippen LogP contribution in [0.2, 0.25) is 0 Å². The van der Waals surface area contributed by atoms with Gasteiger partial charge >= 0.3 is 12.1 Å². The number of rotatable bonds is 22. The molecule has 0 radical (unpaired) electrons. The number of carbonyl (C=O) groups excluding carboxylic acids is 3. The molecule has 14 heteroatoms. The molecule has 1 heterocycles. The second-order valence-electron chi connectivity index (χ2n) is 15.6. The smallest absolute Gasteiger partial charge is 0.409 e. The zero-order valence-corrected chi connectivity index (χ0v) is 32.1. The molecule has 52 heavy (non-hydrogen) atoms. The highest BCUT2D eigenvalue weighted by molar-refractivity contribution is 5.83. The Morgan fingerprint density at radius 3 is 2.29 bits per heavy atom. The van der Waals surface area contributed by atoms with Gasteiger partial charge in [-0.05, 0) is 81.4 Å². The van der Waals surface area contributed by atoms with Crippen molar-refractivity contribution in [2.24, 2.45) is 40.2 Å². The number of benzene rings is 1. The van der Waals surface area contributed by atoms with Crippen LogP contribution < -0.4 is 20.5 Å². The Bertz CT molecular complexity index is 1360. The predicted octanol–water partition coefficient (Wildman–Crippen LogP) is 3.99. The second-order valence-corrected chi connectivity index (χ2v) is 15.6. The Morgan fingerprint density at radius 1 is 1.06 bits per heavy atom. The van der Waals surface area contributed by atoms with Crippen molar-refractivity contribution < 1.29 is 53.1 Å². The van der Waals surface area contributed by atoms with Crippen molar-refractivity contribution in [3.63, 3.8) is 0 Å². The molecule has 1 aromatic carbocycles. The SMILES string of the molecule is COCCCOc1cc(C[C@H](C[C@H]2[C@H](C[C@H](C(=O)NCC(C)(C)C(N)=O)C(C)C)OC(COC(=O)C3(CO)CC3)N2C(=O)O)C(C)C)ccc1OC. The highest BCUT2D eigenvalue weighted by Crippen LogP contribution is 2.46. The maximum absolute atomic E-state index is 13.6. The number of esters is 1. The summed E-state index contributed by atoms with van der Waals surface area (Å²) in [6, 6.07) is 5.10. The van der Waals surface area contributed by atoms with Crippen LogP contribution in [0.3, 0.4) is 0 Å². The van der Waals surface area contributed by atoms with Crippen LogP contribution in [-0.2, 0) is 35.0 Å². The fourth-order valence-corrected chi connectivity index (χ4v) is 6.50. The van der Waals surface area contributed by atoms with Crippen LogP contribution in [0.5, 0.6) is 11.5 Å². The molecule has 1 saturated heterocycles. The first-order valence-corrected chi connectivity index (χ1v) is 18.3. The number of nitrogens with one attached hydrogen (secondary N) is 1. The van der Waals surface area contributed by atoms with Crippen LogP contribution in [0.25, 0.3) is 0 Å². The number of hydrogen-bond donors (Lipinski definition) is 4. The van der Waals surface area contributed by atoms with Crippen molar-refractivity contribution >= 4 is 23.9 Å². The molecule has 1 saturated carbocycles. The summed E-state index contributed by atoms with van der Waals surface area (Å²) in [5.74, 6) is -0.852. The summed E-state index contributed by atoms with van der Waals surface area (Å²) >= 11 is 0. The van der Waals surface area contributed by atoms with E-state index in [9.17, 15) is 29.4 Å². The fraction of sp³-hybridized carbons (Fsp3) is 0.737. The zero-order chi connectivity index (χ0) is 38.8. The molecular weight excluding hydrogens is 674 g/mol. The summed E-state index contributed by atoms with van der Waals surface area (Å²) < 4.78 is 28.7. The highest BCUT2D eigenvalue weighted by atomic mass is 16.6. The van der Waals surface area contributed by atoms with E-state index in [1.807, 2.05) is 32.0 Å². The molecule has 1 aromatic rings. The zero-order valence-electron chi connectivity index (χ0n) is 32.1. The number of nitrogens with two attached hydrogens (primary N) is 1. The molecular formula is C38H61N3O11. The average molecular weight is 736 g/mol. The molecule has 294 valence electrons. The number of carbonyl (C=O) groups is 4. The number of aliphatic hydroxyl groups is 1. The molecule has 14 nitrogen and oxygen atoms in total. The van der Waals surface area contributed by atoms with Crippen molar-refractivity contribution in [2.45, 2.75) is 98.4 Å². The van der Waals surface area contributed by atoms with Gasteiger partial charge in [0.15, 0.2) is 17.7 Å². The van der Waals surface area contributed by atoms with Crippen LogP contribution in [0, 0.1) is 34.5 Å². The summed E-state index contributed by atoms with van der Waals surface area (Å²) in [5, 5.41) is 23.2. The largest absolute Gasteiger partial charge is 0.493 e. The molecule has 2 fully saturated rings. The lowest BCUT2D eigenvalue weighted by atomic mass is 9.80. The van der Waals surface area contributed by atoms with Gasteiger partial charge in [-0.3, -0.25) is 19.3 Å². The second kappa shape index (κ2) is 18.9. The standard InChI is InChI=1S/C38H61N3O11/c1-23(2)26(16-25-10-11-29(49-8)31(17-25)50-15-9-14-48-7)18-28-30(19-27(24(3)4)33(43)40-21-37(5,6)34(39)44)52-32(41(28)36(46)47)20-51-35(45)38(22-42)12-13-38/h10-11,17,23-24,26-28,30,32,42H,9,12-16,18-22H2,1-8H3,(H2,39,44)(H,40,43)(H,46,47)/t26-,27+,28+,30+,32?/m1/s1. The molecule has 1 aliphatic heterocycles. The van der Waals surface area contributed by atoms with Crippen molar-refractivity contribution in [3.05, 3.63) is 23.8 Å². The Labute approximate surface area is 308 Å². The Balaban J connectivity index is 1.91. The van der Waals surface area contributed by atoms with E-state index in [4.69, 9.17) is 29.4 Å². The van der Waals surface area contributed by atoms with E-state index in [1.165, 1.54) is 4.90 Å². The number of primary amides is 1. The third-order valence-electron chi connectivity index (χ3n) is 10.6. The summed E-state index contributed by atoms with van der Waals surface area (Å²) in [5.41, 5.74) is 4.61. The molecule has 1 aliphatic carbocycles. The number of carboxylic acid groups (broad SMARTS) is 1. The van der Waals surface area contributed by atoms with Gasteiger partial charge in [0.25, 0.3) is 0 Å². The number of aliphatic hydroxyl groups excluding tert-OH is 1. The van der Waals surface area contributed by atoms with Gasteiger partial charge in [-0.15, -0.1) is 0 Å². The van der Waals surface area contributed by atoms with Gasteiger partial charge in [0, 0.05) is 32.6 Å². The maximum Gasteiger partial charge on any atom is 0.409 e. The third-order valence-corrected chi connectivity index (χ3v) is 10.6. The normalized spacial score (nSPS) is 20.8. The first-order chi connectivity index (χ1) is 24.5. The number of ether oxygens (including phenoxy) is 5. The van der Waals surface area contributed by atoms with Gasteiger partial charge in [0.1, 0.15) is 6.61 Å². The van der Waals surface area contributed by atoms with Gasteiger partial charge in [-0.2, -0.15) is 0 Å². The summed E-state index contributed by atoms with van der Waals surface area (Å²) in [7, 11) is 3.22. The lowest BCUT2D eigenvalue weighted by Gasteiger charge is -2.33. The minimum absolute atomic E-state index is 0.0270. The molecule has 0 bridgehead atoms. The quantitative estimate of drug-likeness (QED) is 0.0993. The Kier molecular flexibility index (Phi) is 15.6. The van der Waals surface area contributed by atoms with Gasteiger partial charge in [-0.1, -0.05) is 33.8 Å². The van der Waals surface area contributed by atoms with Gasteiger partial charge in [0.2, 0.25) is 11.8 Å². The number of amides is 3. The van der Waals surface area contributed by atoms with Crippen LogP contribution in [0.4, 0.5) is 4.79 Å². The van der Waals surface area contributed by atoms with Crippen LogP contribution in [0.1, 0.15) is 79.2 Å². The average Bonchev–Trinajstić information content (AvgIpc) is 3.82. The summed E-state index contributed by atoms with van der Waals surface area (Å²) in [6.07, 6.45) is -0.164. The van der Waals surface area contributed by atoms with Crippen LogP contribution >= 0.6 is 0 Å². The van der Waals surface area contributed by atoms with E-state index in [0.717, 1.165) is 5.56 Å². The Hall–Kier alpha value is -3.62. The number of methoxy groups -OCH3 is 2. The topological polar surface area (TPSA) is 196 Å². The highest BCUT2D eigenvalue weighted by Gasteiger charge is 2.52. The van der Waals surface area contributed by atoms with Crippen LogP contribution in [0.15, 0.2) is 18.2 Å². The monoisotopic (exact) mass is 735 g/mol. The number of nitrogens with zero attached hydrogens (tertiary/aromatic N) is 1. The fourth-order valence-electron chi connectivity index (χ4n) is 6.50. The van der Waals surface area contributed by atoms with Crippen molar-refractivity contribution in [3.8, 4) is 11.5 Å². The maximum atomic E-state index is 13.6. The van der Waals surface area contributed by atoms with Gasteiger partial charge < -0.3 is 44.9 Å². The third kappa shape index (κ3) is 11.2. The molecule has 3 amide bonds. The molecule has 3 rings (SSSR count). The van der Waals surface area contributed by atoms with E-state index in [1.54, 1.807) is 28.1 Å². The lowest BCUT2D eigenvalue weighted by molar-refractivity contribution is -0.158. The van der Waals surface area contributed by atoms with Gasteiger partial charge in [-0.25, -0.2) is 4.79 Å². The first-order valence-electron chi connectivity index (χ1n) is 18.3. The van der Waals surface area contributed by atoms with E-state index in [-0.39, 0.29) is 49.8 Å². The molecule has 2 aliphatic rings. The van der Waals surface area contributed by atoms with E-state index >= 15 is 0 Å². The molecule has 0 spiro atoms. The van der Waals surface area contributed by atoms with Crippen molar-refractivity contribution in [1.29, 1.82) is 0 Å². The summed E-state index contributed by atoms with van der Waals surface area (Å²) in [6.45, 7) is 11.6. The molecule has 0 aromatic heterocycles. The summed E-state index contributed by atoms with van der Waals surface area (Å²) in [4.78, 5) is 52.6. The lowest BCUT2D eigenvalue weighted by Crippen LogP contribution is -2.47. The minimum atomic E-state index is -1.23. The van der Waals surface area contributed by atoms with Crippen molar-refractivity contribution in [2.75, 3.05) is 47.2 Å². The first kappa shape index (κ1) is 42.8. The minimum Gasteiger partial charge on any atom is -0.493 e. The Morgan fingerprint density at radius 2 is 1.75 bits per heavy atom. The van der Waals surface area contributed by atoms with E-state index in [2.05, 4.69) is 19.2 Å². The van der Waals surface area contributed by atoms with Crippen LogP contribution in [-0.4, -0.2) is 105 Å². The molecule has 5 atom stereocenters. The molecule has 1 unspecified atom stereocenters. The van der Waals surface area contributed by atoms with Crippen molar-refractivity contribution in [1.82, 2.24) is 10.2 Å². The van der Waals surface area contributed by atoms with Gasteiger partial charge in [0.05, 0.1) is 43.3 Å².